The van der Waals surface area contributed by atoms with Crippen LogP contribution in [0, 0.1) is 0 Å². The van der Waals surface area contributed by atoms with E-state index in [-0.39, 0.29) is 6.42 Å². The average Bonchev–Trinajstić information content (AvgIpc) is 2.15. The van der Waals surface area contributed by atoms with Crippen LogP contribution in [0.15, 0.2) is 24.3 Å². The molecule has 0 aliphatic heterocycles. The van der Waals surface area contributed by atoms with E-state index in [1.165, 1.54) is 11.1 Å². The van der Waals surface area contributed by atoms with Gasteiger partial charge < -0.3 is 10.8 Å². The van der Waals surface area contributed by atoms with Crippen molar-refractivity contribution in [1.82, 2.24) is 0 Å². The summed E-state index contributed by atoms with van der Waals surface area (Å²) in [6, 6.07) is 8.12. The highest BCUT2D eigenvalue weighted by Gasteiger charge is 2.32. The highest BCUT2D eigenvalue weighted by Crippen LogP contribution is 2.29. The summed E-state index contributed by atoms with van der Waals surface area (Å²) in [5, 5.41) is 8.80. The molecule has 0 unspecified atom stereocenters. The second kappa shape index (κ2) is 3.66. The molecule has 0 radical (unpaired) electrons. The van der Waals surface area contributed by atoms with Crippen LogP contribution in [0.3, 0.4) is 0 Å². The van der Waals surface area contributed by atoms with Crippen molar-refractivity contribution in [3.63, 3.8) is 0 Å². The van der Waals surface area contributed by atoms with E-state index in [4.69, 9.17) is 10.8 Å². The normalized spacial score (nSPS) is 24.6. The third-order valence-corrected chi connectivity index (χ3v) is 3.06. The Balaban J connectivity index is 2.21. The van der Waals surface area contributed by atoms with Crippen molar-refractivity contribution in [1.29, 1.82) is 0 Å². The minimum atomic E-state index is -0.808. The number of hydrogen-bond donors (Lipinski definition) is 2. The fourth-order valence-corrected chi connectivity index (χ4v) is 2.28. The molecule has 1 atom stereocenters. The van der Waals surface area contributed by atoms with Crippen molar-refractivity contribution in [2.24, 2.45) is 5.73 Å². The first kappa shape index (κ1) is 10.2. The van der Waals surface area contributed by atoms with Crippen molar-refractivity contribution in [3.05, 3.63) is 35.4 Å². The first-order valence-corrected chi connectivity index (χ1v) is 5.17. The third kappa shape index (κ3) is 2.18. The fourth-order valence-electron chi connectivity index (χ4n) is 2.28. The Morgan fingerprint density at radius 2 is 2.07 bits per heavy atom. The van der Waals surface area contributed by atoms with E-state index in [0.717, 1.165) is 12.8 Å². The summed E-state index contributed by atoms with van der Waals surface area (Å²) in [6.45, 7) is 0. The van der Waals surface area contributed by atoms with Gasteiger partial charge in [0.1, 0.15) is 0 Å². The smallest absolute Gasteiger partial charge is 0.305 e. The molecule has 0 saturated carbocycles. The molecule has 3 heteroatoms. The van der Waals surface area contributed by atoms with Crippen LogP contribution in [0.25, 0.3) is 0 Å². The van der Waals surface area contributed by atoms with Gasteiger partial charge in [-0.2, -0.15) is 0 Å². The average molecular weight is 205 g/mol. The van der Waals surface area contributed by atoms with Gasteiger partial charge in [-0.1, -0.05) is 24.3 Å². The van der Waals surface area contributed by atoms with Crippen molar-refractivity contribution in [2.75, 3.05) is 0 Å². The number of carboxylic acid groups (broad SMARTS) is 1. The number of aryl methyl sites for hydroxylation is 1. The van der Waals surface area contributed by atoms with Crippen molar-refractivity contribution < 1.29 is 9.90 Å². The van der Waals surface area contributed by atoms with Gasteiger partial charge in [-0.3, -0.25) is 4.79 Å². The van der Waals surface area contributed by atoms with Crippen LogP contribution in [0.1, 0.15) is 24.0 Å². The molecule has 0 aromatic heterocycles. The lowest BCUT2D eigenvalue weighted by molar-refractivity contribution is -0.138. The zero-order valence-corrected chi connectivity index (χ0v) is 8.57. The maximum absolute atomic E-state index is 10.7. The molecule has 3 nitrogen and oxygen atoms in total. The molecule has 1 aliphatic carbocycles. The number of rotatable bonds is 2. The van der Waals surface area contributed by atoms with Crippen LogP contribution in [0.4, 0.5) is 0 Å². The maximum Gasteiger partial charge on any atom is 0.305 e. The van der Waals surface area contributed by atoms with E-state index >= 15 is 0 Å². The quantitative estimate of drug-likeness (QED) is 0.766. The second-order valence-electron chi connectivity index (χ2n) is 4.38. The summed E-state index contributed by atoms with van der Waals surface area (Å²) in [5.74, 6) is -0.808. The molecule has 1 aromatic rings. The van der Waals surface area contributed by atoms with Crippen LogP contribution in [-0.2, 0) is 17.6 Å². The van der Waals surface area contributed by atoms with Gasteiger partial charge in [0.2, 0.25) is 0 Å². The maximum atomic E-state index is 10.7. The molecule has 0 saturated heterocycles. The summed E-state index contributed by atoms with van der Waals surface area (Å²) in [5.41, 5.74) is 8.05. The van der Waals surface area contributed by atoms with Crippen molar-refractivity contribution in [2.45, 2.75) is 31.2 Å². The van der Waals surface area contributed by atoms with E-state index in [1.54, 1.807) is 0 Å². The predicted molar refractivity (Wildman–Crippen MR) is 57.6 cm³/mol. The summed E-state index contributed by atoms with van der Waals surface area (Å²) in [6.07, 6.45) is 2.38. The Morgan fingerprint density at radius 3 is 2.73 bits per heavy atom. The van der Waals surface area contributed by atoms with Gasteiger partial charge in [0.15, 0.2) is 0 Å². The highest BCUT2D eigenvalue weighted by atomic mass is 16.4. The predicted octanol–water partition coefficient (Wildman–Crippen LogP) is 1.35. The molecule has 1 aliphatic rings. The Bertz CT molecular complexity index is 389. The monoisotopic (exact) mass is 205 g/mol. The van der Waals surface area contributed by atoms with Gasteiger partial charge in [0.25, 0.3) is 0 Å². The Kier molecular flexibility index (Phi) is 2.49. The molecule has 0 amide bonds. The highest BCUT2D eigenvalue weighted by molar-refractivity contribution is 5.68. The number of fused-ring (bicyclic) bond motifs is 1. The summed E-state index contributed by atoms with van der Waals surface area (Å²) in [7, 11) is 0. The molecule has 2 rings (SSSR count). The Morgan fingerprint density at radius 1 is 1.40 bits per heavy atom. The zero-order chi connectivity index (χ0) is 10.9. The summed E-state index contributed by atoms with van der Waals surface area (Å²) < 4.78 is 0. The molecule has 0 fully saturated rings. The number of aliphatic carboxylic acids is 1. The number of carbonyl (C=O) groups is 1. The van der Waals surface area contributed by atoms with Gasteiger partial charge >= 0.3 is 5.97 Å². The van der Waals surface area contributed by atoms with Gasteiger partial charge in [-0.25, -0.2) is 0 Å². The first-order valence-electron chi connectivity index (χ1n) is 5.17. The summed E-state index contributed by atoms with van der Waals surface area (Å²) >= 11 is 0. The van der Waals surface area contributed by atoms with Gasteiger partial charge in [0.05, 0.1) is 6.42 Å². The summed E-state index contributed by atoms with van der Waals surface area (Å²) in [4.78, 5) is 10.7. The van der Waals surface area contributed by atoms with E-state index in [9.17, 15) is 4.79 Å². The van der Waals surface area contributed by atoms with Crippen LogP contribution < -0.4 is 5.73 Å². The van der Waals surface area contributed by atoms with E-state index in [1.807, 2.05) is 18.2 Å². The van der Waals surface area contributed by atoms with Crippen LogP contribution in [0.2, 0.25) is 0 Å². The van der Waals surface area contributed by atoms with Crippen LogP contribution >= 0.6 is 0 Å². The molecule has 3 N–H and O–H groups in total. The topological polar surface area (TPSA) is 63.3 Å². The van der Waals surface area contributed by atoms with E-state index in [2.05, 4.69) is 6.07 Å². The molecular weight excluding hydrogens is 190 g/mol. The molecule has 1 aromatic carbocycles. The first-order chi connectivity index (χ1) is 7.09. The van der Waals surface area contributed by atoms with Crippen molar-refractivity contribution in [3.8, 4) is 0 Å². The molecule has 0 bridgehead atoms. The molecule has 15 heavy (non-hydrogen) atoms. The molecular formula is C12H15NO2. The van der Waals surface area contributed by atoms with Gasteiger partial charge in [0, 0.05) is 5.54 Å². The lowest BCUT2D eigenvalue weighted by atomic mass is 9.77. The number of carboxylic acids is 1. The second-order valence-corrected chi connectivity index (χ2v) is 4.38. The number of hydrogen-bond acceptors (Lipinski definition) is 2. The molecule has 0 spiro atoms. The van der Waals surface area contributed by atoms with E-state index < -0.39 is 11.5 Å². The van der Waals surface area contributed by atoms with Gasteiger partial charge in [-0.15, -0.1) is 0 Å². The number of nitrogens with two attached hydrogens (primary N) is 1. The van der Waals surface area contributed by atoms with Crippen molar-refractivity contribution >= 4 is 5.97 Å². The third-order valence-electron chi connectivity index (χ3n) is 3.06. The minimum absolute atomic E-state index is 0.0569. The largest absolute Gasteiger partial charge is 0.481 e. The fraction of sp³-hybridized carbons (Fsp3) is 0.417. The van der Waals surface area contributed by atoms with Crippen LogP contribution in [0.5, 0.6) is 0 Å². The van der Waals surface area contributed by atoms with E-state index in [0.29, 0.717) is 6.42 Å². The molecule has 0 heterocycles. The Hall–Kier alpha value is -1.35. The SMILES string of the molecule is N[C@@]1(CC(=O)O)CCc2ccccc2C1. The van der Waals surface area contributed by atoms with Crippen LogP contribution in [-0.4, -0.2) is 16.6 Å². The minimum Gasteiger partial charge on any atom is -0.481 e. The molecule has 80 valence electrons. The Labute approximate surface area is 88.9 Å². The number of benzene rings is 1. The van der Waals surface area contributed by atoms with Gasteiger partial charge in [-0.05, 0) is 30.4 Å². The lowest BCUT2D eigenvalue weighted by Gasteiger charge is -2.33. The zero-order valence-electron chi connectivity index (χ0n) is 8.57. The lowest BCUT2D eigenvalue weighted by Crippen LogP contribution is -2.46. The standard InChI is InChI=1S/C12H15NO2/c13-12(8-11(14)15)6-5-9-3-1-2-4-10(9)7-12/h1-4H,5-8,13H2,(H,14,15)/t12-/m0/s1.